The quantitative estimate of drug-likeness (QED) is 0.834. The van der Waals surface area contributed by atoms with Crippen LogP contribution in [0, 0.1) is 0 Å². The molecule has 0 aromatic heterocycles. The smallest absolute Gasteiger partial charge is 0.407 e. The summed E-state index contributed by atoms with van der Waals surface area (Å²) in [6, 6.07) is 6.21. The van der Waals surface area contributed by atoms with E-state index in [2.05, 4.69) is 5.32 Å². The molecule has 1 fully saturated rings. The fraction of sp³-hybridized carbons (Fsp3) is 0.300. The third-order valence-corrected chi connectivity index (χ3v) is 3.51. The van der Waals surface area contributed by atoms with Gasteiger partial charge in [0.05, 0.1) is 10.9 Å². The molecule has 1 heterocycles. The van der Waals surface area contributed by atoms with Gasteiger partial charge in [0.1, 0.15) is 6.61 Å². The number of carbonyl (C=O) groups excluding carboxylic acids is 1. The van der Waals surface area contributed by atoms with Gasteiger partial charge in [-0.1, -0.05) is 12.1 Å². The van der Waals surface area contributed by atoms with Gasteiger partial charge in [-0.15, -0.1) is 0 Å². The minimum absolute atomic E-state index is 0.193. The molecule has 1 aliphatic rings. The van der Waals surface area contributed by atoms with Gasteiger partial charge in [0.25, 0.3) is 0 Å². The lowest BCUT2D eigenvalue weighted by molar-refractivity contribution is 0.177. The zero-order valence-electron chi connectivity index (χ0n) is 8.64. The SMILES string of the molecule is CS(=O)(=O)c1ccc([C@@H]2COC(=O)N2)cc1. The molecule has 16 heavy (non-hydrogen) atoms. The third kappa shape index (κ3) is 2.16. The van der Waals surface area contributed by atoms with E-state index in [4.69, 9.17) is 4.74 Å². The van der Waals surface area contributed by atoms with E-state index in [0.29, 0.717) is 0 Å². The lowest BCUT2D eigenvalue weighted by Crippen LogP contribution is -2.18. The van der Waals surface area contributed by atoms with E-state index in [9.17, 15) is 13.2 Å². The molecule has 0 unspecified atom stereocenters. The number of benzene rings is 1. The van der Waals surface area contributed by atoms with Crippen molar-refractivity contribution in [3.05, 3.63) is 29.8 Å². The fourth-order valence-corrected chi connectivity index (χ4v) is 2.14. The summed E-state index contributed by atoms with van der Waals surface area (Å²) in [6.07, 6.45) is 0.708. The predicted molar refractivity (Wildman–Crippen MR) is 56.8 cm³/mol. The summed E-state index contributed by atoms with van der Waals surface area (Å²) < 4.78 is 27.2. The van der Waals surface area contributed by atoms with Gasteiger partial charge in [0.2, 0.25) is 0 Å². The summed E-state index contributed by atoms with van der Waals surface area (Å²) in [5.74, 6) is 0. The van der Waals surface area contributed by atoms with Crippen LogP contribution in [-0.4, -0.2) is 27.4 Å². The van der Waals surface area contributed by atoms with Crippen LogP contribution in [-0.2, 0) is 14.6 Å². The Balaban J connectivity index is 2.23. The van der Waals surface area contributed by atoms with Gasteiger partial charge in [-0.05, 0) is 17.7 Å². The number of nitrogens with one attached hydrogen (secondary N) is 1. The summed E-state index contributed by atoms with van der Waals surface area (Å²) in [4.78, 5) is 11.1. The van der Waals surface area contributed by atoms with Crippen molar-refractivity contribution < 1.29 is 17.9 Å². The molecule has 1 aromatic carbocycles. The Labute approximate surface area is 93.3 Å². The van der Waals surface area contributed by atoms with E-state index in [1.807, 2.05) is 0 Å². The molecule has 6 heteroatoms. The molecule has 1 N–H and O–H groups in total. The fourth-order valence-electron chi connectivity index (χ4n) is 1.51. The molecular formula is C10H11NO4S. The largest absolute Gasteiger partial charge is 0.447 e. The Hall–Kier alpha value is -1.56. The van der Waals surface area contributed by atoms with Crippen LogP contribution in [0.4, 0.5) is 4.79 Å². The van der Waals surface area contributed by atoms with Crippen LogP contribution >= 0.6 is 0 Å². The maximum absolute atomic E-state index is 11.2. The zero-order chi connectivity index (χ0) is 11.8. The monoisotopic (exact) mass is 241 g/mol. The molecule has 1 aliphatic heterocycles. The molecule has 0 bridgehead atoms. The summed E-state index contributed by atoms with van der Waals surface area (Å²) in [5.41, 5.74) is 0.832. The Morgan fingerprint density at radius 3 is 2.38 bits per heavy atom. The van der Waals surface area contributed by atoms with Gasteiger partial charge in [-0.3, -0.25) is 0 Å². The van der Waals surface area contributed by atoms with Crippen LogP contribution in [0.1, 0.15) is 11.6 Å². The minimum Gasteiger partial charge on any atom is -0.447 e. The number of carbonyl (C=O) groups is 1. The number of rotatable bonds is 2. The van der Waals surface area contributed by atoms with E-state index in [-0.39, 0.29) is 17.5 Å². The molecule has 0 radical (unpaired) electrons. The first-order valence-electron chi connectivity index (χ1n) is 4.70. The number of amides is 1. The molecule has 0 saturated carbocycles. The molecule has 1 atom stereocenters. The average molecular weight is 241 g/mol. The Morgan fingerprint density at radius 2 is 1.94 bits per heavy atom. The molecule has 5 nitrogen and oxygen atoms in total. The number of alkyl carbamates (subject to hydrolysis) is 1. The molecule has 1 saturated heterocycles. The lowest BCUT2D eigenvalue weighted by Gasteiger charge is -2.07. The Bertz CT molecular complexity index is 506. The van der Waals surface area contributed by atoms with E-state index < -0.39 is 15.9 Å². The van der Waals surface area contributed by atoms with Crippen molar-refractivity contribution in [2.24, 2.45) is 0 Å². The van der Waals surface area contributed by atoms with Gasteiger partial charge in [0, 0.05) is 6.26 Å². The second kappa shape index (κ2) is 3.79. The van der Waals surface area contributed by atoms with Crippen LogP contribution in [0.5, 0.6) is 0 Å². The topological polar surface area (TPSA) is 72.5 Å². The highest BCUT2D eigenvalue weighted by Gasteiger charge is 2.23. The summed E-state index contributed by atoms with van der Waals surface area (Å²) in [5, 5.41) is 2.62. The average Bonchev–Trinajstić information content (AvgIpc) is 2.64. The van der Waals surface area contributed by atoms with Gasteiger partial charge in [-0.25, -0.2) is 13.2 Å². The third-order valence-electron chi connectivity index (χ3n) is 2.38. The predicted octanol–water partition coefficient (Wildman–Crippen LogP) is 0.871. The normalized spacial score (nSPS) is 20.3. The van der Waals surface area contributed by atoms with Crippen LogP contribution < -0.4 is 5.32 Å². The Morgan fingerprint density at radius 1 is 1.31 bits per heavy atom. The van der Waals surface area contributed by atoms with Crippen LogP contribution in [0.2, 0.25) is 0 Å². The minimum atomic E-state index is -3.17. The van der Waals surface area contributed by atoms with Crippen molar-refractivity contribution in [1.82, 2.24) is 5.32 Å². The van der Waals surface area contributed by atoms with E-state index in [0.717, 1.165) is 11.8 Å². The van der Waals surface area contributed by atoms with Gasteiger partial charge in [0.15, 0.2) is 9.84 Å². The number of hydrogen-bond acceptors (Lipinski definition) is 4. The molecule has 2 rings (SSSR count). The molecule has 0 spiro atoms. The van der Waals surface area contributed by atoms with Crippen LogP contribution in [0.15, 0.2) is 29.2 Å². The van der Waals surface area contributed by atoms with E-state index in [1.165, 1.54) is 12.1 Å². The maximum atomic E-state index is 11.2. The Kier molecular flexibility index (Phi) is 2.59. The highest BCUT2D eigenvalue weighted by molar-refractivity contribution is 7.90. The number of hydrogen-bond donors (Lipinski definition) is 1. The van der Waals surface area contributed by atoms with E-state index >= 15 is 0 Å². The molecule has 1 amide bonds. The number of cyclic esters (lactones) is 1. The number of sulfone groups is 1. The van der Waals surface area contributed by atoms with Gasteiger partial charge in [-0.2, -0.15) is 0 Å². The lowest BCUT2D eigenvalue weighted by atomic mass is 10.1. The highest BCUT2D eigenvalue weighted by atomic mass is 32.2. The first kappa shape index (κ1) is 10.9. The van der Waals surface area contributed by atoms with Gasteiger partial charge >= 0.3 is 6.09 Å². The molecule has 0 aliphatic carbocycles. The summed E-state index contributed by atoms with van der Waals surface area (Å²) >= 11 is 0. The van der Waals surface area contributed by atoms with Crippen molar-refractivity contribution >= 4 is 15.9 Å². The van der Waals surface area contributed by atoms with Crippen molar-refractivity contribution in [1.29, 1.82) is 0 Å². The zero-order valence-corrected chi connectivity index (χ0v) is 9.45. The maximum Gasteiger partial charge on any atom is 0.407 e. The first-order valence-corrected chi connectivity index (χ1v) is 6.59. The highest BCUT2D eigenvalue weighted by Crippen LogP contribution is 2.19. The van der Waals surface area contributed by atoms with Crippen molar-refractivity contribution in [2.45, 2.75) is 10.9 Å². The van der Waals surface area contributed by atoms with Crippen molar-refractivity contribution in [2.75, 3.05) is 12.9 Å². The van der Waals surface area contributed by atoms with Gasteiger partial charge < -0.3 is 10.1 Å². The molecule has 1 aromatic rings. The molecular weight excluding hydrogens is 230 g/mol. The summed E-state index contributed by atoms with van der Waals surface area (Å²) in [6.45, 7) is 0.275. The summed E-state index contributed by atoms with van der Waals surface area (Å²) in [7, 11) is -3.17. The first-order chi connectivity index (χ1) is 7.47. The standard InChI is InChI=1S/C10H11NO4S/c1-16(13,14)8-4-2-7(3-5-8)9-6-15-10(12)11-9/h2-5,9H,6H2,1H3,(H,11,12)/t9-/m0/s1. The number of ether oxygens (including phenoxy) is 1. The second-order valence-corrected chi connectivity index (χ2v) is 5.65. The van der Waals surface area contributed by atoms with Crippen LogP contribution in [0.3, 0.4) is 0 Å². The van der Waals surface area contributed by atoms with Crippen molar-refractivity contribution in [3.63, 3.8) is 0 Å². The second-order valence-electron chi connectivity index (χ2n) is 3.64. The van der Waals surface area contributed by atoms with Crippen LogP contribution in [0.25, 0.3) is 0 Å². The van der Waals surface area contributed by atoms with E-state index in [1.54, 1.807) is 12.1 Å². The van der Waals surface area contributed by atoms with Crippen molar-refractivity contribution in [3.8, 4) is 0 Å². The molecule has 86 valence electrons.